The van der Waals surface area contributed by atoms with Gasteiger partial charge >= 0.3 is 29.8 Å². The van der Waals surface area contributed by atoms with E-state index in [1.165, 1.54) is 48.9 Å². The number of non-ortho nitro benzene ring substituents is 1. The van der Waals surface area contributed by atoms with Crippen molar-refractivity contribution in [3.05, 3.63) is 111 Å². The Morgan fingerprint density at radius 3 is 1.24 bits per heavy atom. The molecule has 22 heteroatoms. The molecule has 3 aromatic rings. The first-order chi connectivity index (χ1) is 31.7. The highest BCUT2D eigenvalue weighted by molar-refractivity contribution is 8.14. The Balaban J connectivity index is 0. The van der Waals surface area contributed by atoms with Gasteiger partial charge in [0.1, 0.15) is 30.2 Å². The zero-order chi connectivity index (χ0) is 52.5. The van der Waals surface area contributed by atoms with Gasteiger partial charge in [-0.25, -0.2) is 0 Å². The number of thioether (sulfide) groups is 1. The quantitative estimate of drug-likeness (QED) is 0.0365. The van der Waals surface area contributed by atoms with Gasteiger partial charge in [0.05, 0.1) is 4.92 Å². The van der Waals surface area contributed by atoms with Crippen molar-refractivity contribution >= 4 is 58.3 Å². The molecule has 0 aromatic heterocycles. The minimum atomic E-state index is -1.09. The number of aliphatic carboxylic acids is 5. The number of hydrogen-bond donors (Lipinski definition) is 11. The van der Waals surface area contributed by atoms with Crippen LogP contribution in [-0.4, -0.2) is 107 Å². The summed E-state index contributed by atoms with van der Waals surface area (Å²) in [7, 11) is 0. The van der Waals surface area contributed by atoms with Gasteiger partial charge in [0.2, 0.25) is 11.0 Å². The van der Waals surface area contributed by atoms with Crippen LogP contribution in [0.4, 0.5) is 5.69 Å². The second-order valence-electron chi connectivity index (χ2n) is 15.6. The Morgan fingerprint density at radius 1 is 0.559 bits per heavy atom. The minimum Gasteiger partial charge on any atom is -0.480 e. The van der Waals surface area contributed by atoms with E-state index in [4.69, 9.17) is 59.9 Å². The van der Waals surface area contributed by atoms with Gasteiger partial charge in [0.25, 0.3) is 5.69 Å². The average Bonchev–Trinajstić information content (AvgIpc) is 3.26. The molecule has 1 amide bonds. The first-order valence-electron chi connectivity index (χ1n) is 21.5. The van der Waals surface area contributed by atoms with Crippen molar-refractivity contribution in [1.82, 2.24) is 0 Å². The lowest BCUT2D eigenvalue weighted by Crippen LogP contribution is -2.32. The number of carboxylic acid groups (broad SMARTS) is 5. The Morgan fingerprint density at radius 2 is 0.912 bits per heavy atom. The van der Waals surface area contributed by atoms with Crippen molar-refractivity contribution in [2.45, 2.75) is 134 Å². The second kappa shape index (κ2) is 35.8. The van der Waals surface area contributed by atoms with E-state index in [0.29, 0.717) is 30.4 Å². The molecule has 17 N–H and O–H groups in total. The fourth-order valence-electron chi connectivity index (χ4n) is 5.09. The first-order valence-corrected chi connectivity index (χ1v) is 22.4. The highest BCUT2D eigenvalue weighted by atomic mass is 32.2. The van der Waals surface area contributed by atoms with Crippen molar-refractivity contribution in [3.8, 4) is 0 Å². The van der Waals surface area contributed by atoms with Crippen LogP contribution >= 0.6 is 11.8 Å². The fraction of sp³-hybridized carbons (Fsp3) is 0.457. The van der Waals surface area contributed by atoms with E-state index in [9.17, 15) is 43.7 Å². The number of hydrogen-bond acceptors (Lipinski definition) is 15. The molecule has 0 saturated heterocycles. The van der Waals surface area contributed by atoms with Crippen LogP contribution in [0.2, 0.25) is 0 Å². The molecule has 0 bridgehead atoms. The summed E-state index contributed by atoms with van der Waals surface area (Å²) in [4.78, 5) is 83.6. The highest BCUT2D eigenvalue weighted by Gasteiger charge is 2.16. The molecule has 3 aromatic carbocycles. The zero-order valence-corrected chi connectivity index (χ0v) is 39.7. The normalized spacial score (nSPS) is 12.4. The van der Waals surface area contributed by atoms with E-state index in [-0.39, 0.29) is 41.7 Å². The van der Waals surface area contributed by atoms with Crippen LogP contribution in [0.15, 0.2) is 72.8 Å². The molecule has 378 valence electrons. The van der Waals surface area contributed by atoms with Crippen molar-refractivity contribution < 1.29 is 64.0 Å². The maximum Gasteiger partial charge on any atom is 0.320 e. The lowest BCUT2D eigenvalue weighted by atomic mass is 10.1. The first kappa shape index (κ1) is 63.8. The lowest BCUT2D eigenvalue weighted by Gasteiger charge is -2.07. The van der Waals surface area contributed by atoms with E-state index in [2.05, 4.69) is 6.92 Å². The Bertz CT molecular complexity index is 2000. The Hall–Kier alpha value is -6.30. The minimum absolute atomic E-state index is 0.0253. The second-order valence-corrected chi connectivity index (χ2v) is 17.2. The number of unbranched alkanes of at least 4 members (excludes halogenated alkanes) is 3. The van der Waals surface area contributed by atoms with Crippen LogP contribution in [0.1, 0.15) is 105 Å². The summed E-state index contributed by atoms with van der Waals surface area (Å²) < 4.78 is 0. The predicted octanol–water partition coefficient (Wildman–Crippen LogP) is 3.84. The molecule has 0 aliphatic heterocycles. The van der Waals surface area contributed by atoms with Crippen molar-refractivity contribution in [2.24, 2.45) is 34.4 Å². The number of primary amides is 1. The van der Waals surface area contributed by atoms with Crippen LogP contribution in [0.25, 0.3) is 0 Å². The molecule has 0 spiro atoms. The number of nitrogens with two attached hydrogens (primary N) is 6. The summed E-state index contributed by atoms with van der Waals surface area (Å²) in [5.41, 5.74) is 35.6. The van der Waals surface area contributed by atoms with Gasteiger partial charge in [-0.15, -0.1) is 0 Å². The van der Waals surface area contributed by atoms with E-state index in [0.717, 1.165) is 29.5 Å². The fourth-order valence-corrected chi connectivity index (χ4v) is 5.80. The van der Waals surface area contributed by atoms with Gasteiger partial charge in [-0.2, -0.15) is 0 Å². The van der Waals surface area contributed by atoms with Crippen LogP contribution in [0.5, 0.6) is 0 Å². The number of carbonyl (C=O) groups is 7. The number of benzene rings is 3. The van der Waals surface area contributed by atoms with Gasteiger partial charge in [-0.1, -0.05) is 124 Å². The summed E-state index contributed by atoms with van der Waals surface area (Å²) in [6.07, 6.45) is 6.70. The van der Waals surface area contributed by atoms with Gasteiger partial charge in [-0.3, -0.25) is 43.7 Å². The average molecular weight is 976 g/mol. The van der Waals surface area contributed by atoms with Gasteiger partial charge in [0, 0.05) is 29.4 Å². The topological polar surface area (TPSA) is 420 Å². The molecular weight excluding hydrogens is 907 g/mol. The summed E-state index contributed by atoms with van der Waals surface area (Å²) in [5.74, 6) is -5.43. The number of carbonyl (C=O) groups excluding carboxylic acids is 2. The number of nitro benzene ring substituents is 1. The van der Waals surface area contributed by atoms with Crippen molar-refractivity contribution in [1.29, 1.82) is 0 Å². The van der Waals surface area contributed by atoms with Gasteiger partial charge in [-0.05, 0) is 62.1 Å². The van der Waals surface area contributed by atoms with E-state index in [1.54, 1.807) is 24.3 Å². The molecule has 0 aliphatic rings. The maximum atomic E-state index is 11.7. The molecule has 0 unspecified atom stereocenters. The number of amides is 1. The molecule has 68 heavy (non-hydrogen) atoms. The maximum absolute atomic E-state index is 11.7. The van der Waals surface area contributed by atoms with Crippen LogP contribution in [-0.2, 0) is 48.0 Å². The Kier molecular flexibility index (Phi) is 33.6. The molecule has 0 aliphatic carbocycles. The van der Waals surface area contributed by atoms with Gasteiger partial charge < -0.3 is 59.9 Å². The summed E-state index contributed by atoms with van der Waals surface area (Å²) >= 11 is 1.27. The number of rotatable bonds is 23. The summed E-state index contributed by atoms with van der Waals surface area (Å²) in [6.45, 7) is 8.03. The van der Waals surface area contributed by atoms with Crippen LogP contribution < -0.4 is 34.4 Å². The van der Waals surface area contributed by atoms with Crippen molar-refractivity contribution in [3.63, 3.8) is 0 Å². The number of carboxylic acids is 5. The number of nitro groups is 1. The third kappa shape index (κ3) is 32.4. The molecule has 0 fully saturated rings. The third-order valence-electron chi connectivity index (χ3n) is 9.06. The van der Waals surface area contributed by atoms with Crippen LogP contribution in [0.3, 0.4) is 0 Å². The predicted molar refractivity (Wildman–Crippen MR) is 259 cm³/mol. The lowest BCUT2D eigenvalue weighted by molar-refractivity contribution is -0.384. The molecule has 21 nitrogen and oxygen atoms in total. The number of nitrogens with zero attached hydrogens (tertiary/aromatic N) is 1. The standard InChI is InChI=1S/C13H17NO3S.C10H13NO2.C9H10N2O4.C8H17NO2.C6H12N2O3/c1-8(2)18-13(17)10-5-3-9(4-6-10)7-11(14)12(15)16;1-7-2-4-8(5-3-7)6-9(11)10(12)13;10-8(9(12)13)5-6-1-3-7(4-2-6)11(14)15;1-2-3-4-5-6-7(9)8(10)11;7-4(6(10)11)2-1-3-5(8)9/h3-6,8,11H,7,14H2,1-2H3,(H,15,16);2-5,9H,6,11H2,1H3,(H,12,13);1-4,8H,5,10H2,(H,12,13);7H,2-6,9H2,1H3,(H,10,11);4H,1-3,7H2,(H2,8,9)(H,10,11)/t11-;9-;8-;7-;4-/m00000/s1. The SMILES string of the molecule is CC(C)SC(=O)c1ccc(C[C@H](N)C(=O)O)cc1.CCCCCC[C@H](N)C(=O)O.Cc1ccc(C[C@H](N)C(=O)O)cc1.NC(=O)CCC[C@H](N)C(=O)O.N[C@@H](Cc1ccc([N+](=O)[O-])cc1)C(=O)O. The van der Waals surface area contributed by atoms with Crippen LogP contribution in [0, 0.1) is 17.0 Å². The molecule has 0 saturated carbocycles. The monoisotopic (exact) mass is 975 g/mol. The molecule has 5 atom stereocenters. The smallest absolute Gasteiger partial charge is 0.320 e. The molecule has 3 rings (SSSR count). The van der Waals surface area contributed by atoms with E-state index in [1.807, 2.05) is 45.0 Å². The highest BCUT2D eigenvalue weighted by Crippen LogP contribution is 2.18. The van der Waals surface area contributed by atoms with Crippen molar-refractivity contribution in [2.75, 3.05) is 0 Å². The zero-order valence-electron chi connectivity index (χ0n) is 38.9. The largest absolute Gasteiger partial charge is 0.480 e. The van der Waals surface area contributed by atoms with E-state index < -0.39 is 70.9 Å². The molecular formula is C46H69N7O14S. The number of aryl methyl sites for hydroxylation is 1. The molecule has 0 radical (unpaired) electrons. The summed E-state index contributed by atoms with van der Waals surface area (Å²) in [6, 6.07) is 16.0. The third-order valence-corrected chi connectivity index (χ3v) is 9.98. The van der Waals surface area contributed by atoms with E-state index >= 15 is 0 Å². The van der Waals surface area contributed by atoms with Gasteiger partial charge in [0.15, 0.2) is 0 Å². The Labute approximate surface area is 400 Å². The summed E-state index contributed by atoms with van der Waals surface area (Å²) in [5, 5.41) is 53.2. The molecule has 0 heterocycles.